The van der Waals surface area contributed by atoms with Gasteiger partial charge in [0.25, 0.3) is 5.89 Å². The molecule has 0 aliphatic carbocycles. The van der Waals surface area contributed by atoms with Gasteiger partial charge in [-0.25, -0.2) is 0 Å². The van der Waals surface area contributed by atoms with Gasteiger partial charge in [0.2, 0.25) is 0 Å². The van der Waals surface area contributed by atoms with E-state index in [-0.39, 0.29) is 11.9 Å². The summed E-state index contributed by atoms with van der Waals surface area (Å²) in [6.45, 7) is 2.44. The van der Waals surface area contributed by atoms with Gasteiger partial charge in [-0.05, 0) is 19.2 Å². The Balaban J connectivity index is 1.81. The standard InChI is InChI=1S/C13H14F3N5O/c1-21-5-4-17-7-9(21)11-19-12(22-20-11)8-2-3-10(18-6-8)13(14,15)16/h2-3,6,9,17H,4-5,7H2,1H3. The lowest BCUT2D eigenvalue weighted by Gasteiger charge is -2.30. The Bertz CT molecular complexity index is 640. The number of rotatable bonds is 2. The minimum atomic E-state index is -4.46. The first kappa shape index (κ1) is 14.9. The predicted octanol–water partition coefficient (Wildman–Crippen LogP) is 1.73. The highest BCUT2D eigenvalue weighted by molar-refractivity contribution is 5.51. The number of hydrogen-bond acceptors (Lipinski definition) is 6. The van der Waals surface area contributed by atoms with Gasteiger partial charge in [-0.15, -0.1) is 0 Å². The average Bonchev–Trinajstić information content (AvgIpc) is 2.96. The van der Waals surface area contributed by atoms with Crippen LogP contribution in [-0.2, 0) is 6.18 Å². The van der Waals surface area contributed by atoms with Gasteiger partial charge in [0.1, 0.15) is 5.69 Å². The van der Waals surface area contributed by atoms with Crippen molar-refractivity contribution in [3.05, 3.63) is 29.8 Å². The van der Waals surface area contributed by atoms with Crippen molar-refractivity contribution in [2.24, 2.45) is 0 Å². The molecule has 1 unspecified atom stereocenters. The summed E-state index contributed by atoms with van der Waals surface area (Å²) in [6.07, 6.45) is -3.38. The molecule has 2 aromatic heterocycles. The highest BCUT2D eigenvalue weighted by atomic mass is 19.4. The number of alkyl halides is 3. The molecular weight excluding hydrogens is 299 g/mol. The lowest BCUT2D eigenvalue weighted by atomic mass is 10.2. The summed E-state index contributed by atoms with van der Waals surface area (Å²) < 4.78 is 42.6. The maximum atomic E-state index is 12.5. The number of hydrogen-bond donors (Lipinski definition) is 1. The van der Waals surface area contributed by atoms with Crippen LogP contribution in [0.1, 0.15) is 17.6 Å². The molecule has 22 heavy (non-hydrogen) atoms. The van der Waals surface area contributed by atoms with E-state index in [4.69, 9.17) is 4.52 Å². The summed E-state index contributed by atoms with van der Waals surface area (Å²) in [7, 11) is 1.96. The first-order valence-electron chi connectivity index (χ1n) is 6.73. The molecule has 0 bridgehead atoms. The Morgan fingerprint density at radius 1 is 1.36 bits per heavy atom. The van der Waals surface area contributed by atoms with Gasteiger partial charge in [-0.3, -0.25) is 9.88 Å². The van der Waals surface area contributed by atoms with Gasteiger partial charge in [0.15, 0.2) is 5.82 Å². The zero-order chi connectivity index (χ0) is 15.7. The topological polar surface area (TPSA) is 67.1 Å². The largest absolute Gasteiger partial charge is 0.433 e. The van der Waals surface area contributed by atoms with Crippen molar-refractivity contribution in [1.82, 2.24) is 25.3 Å². The van der Waals surface area contributed by atoms with E-state index in [1.54, 1.807) is 0 Å². The number of nitrogens with one attached hydrogen (secondary N) is 1. The van der Waals surface area contributed by atoms with Crippen molar-refractivity contribution in [3.63, 3.8) is 0 Å². The van der Waals surface area contributed by atoms with Crippen molar-refractivity contribution < 1.29 is 17.7 Å². The molecule has 3 rings (SSSR count). The first-order valence-corrected chi connectivity index (χ1v) is 6.73. The fourth-order valence-electron chi connectivity index (χ4n) is 2.27. The molecule has 2 aromatic rings. The van der Waals surface area contributed by atoms with Crippen molar-refractivity contribution >= 4 is 0 Å². The summed E-state index contributed by atoms with van der Waals surface area (Å²) >= 11 is 0. The van der Waals surface area contributed by atoms with Crippen LogP contribution in [0.5, 0.6) is 0 Å². The van der Waals surface area contributed by atoms with Crippen LogP contribution in [-0.4, -0.2) is 46.7 Å². The SMILES string of the molecule is CN1CCNCC1c1noc(-c2ccc(C(F)(F)F)nc2)n1. The fraction of sp³-hybridized carbons (Fsp3) is 0.462. The zero-order valence-electron chi connectivity index (χ0n) is 11.8. The maximum absolute atomic E-state index is 12.5. The summed E-state index contributed by atoms with van der Waals surface area (Å²) in [5, 5.41) is 7.16. The van der Waals surface area contributed by atoms with Gasteiger partial charge >= 0.3 is 6.18 Å². The van der Waals surface area contributed by atoms with Crippen molar-refractivity contribution in [2.75, 3.05) is 26.7 Å². The maximum Gasteiger partial charge on any atom is 0.433 e. The van der Waals surface area contributed by atoms with Crippen molar-refractivity contribution in [3.8, 4) is 11.5 Å². The molecule has 1 N–H and O–H groups in total. The fourth-order valence-corrected chi connectivity index (χ4v) is 2.27. The molecule has 1 aliphatic rings. The minimum Gasteiger partial charge on any atom is -0.334 e. The summed E-state index contributed by atoms with van der Waals surface area (Å²) in [4.78, 5) is 9.75. The highest BCUT2D eigenvalue weighted by Crippen LogP contribution is 2.29. The molecule has 0 saturated carbocycles. The Morgan fingerprint density at radius 2 is 2.18 bits per heavy atom. The molecule has 3 heterocycles. The second-order valence-corrected chi connectivity index (χ2v) is 5.09. The lowest BCUT2D eigenvalue weighted by molar-refractivity contribution is -0.141. The number of pyridine rings is 1. The van der Waals surface area contributed by atoms with Gasteiger partial charge < -0.3 is 9.84 Å². The Labute approximate surface area is 124 Å². The first-order chi connectivity index (χ1) is 10.4. The van der Waals surface area contributed by atoms with E-state index in [0.717, 1.165) is 25.4 Å². The smallest absolute Gasteiger partial charge is 0.334 e. The molecule has 0 amide bonds. The summed E-state index contributed by atoms with van der Waals surface area (Å²) in [5.74, 6) is 0.666. The van der Waals surface area contributed by atoms with Crippen LogP contribution in [0.3, 0.4) is 0 Å². The molecule has 1 saturated heterocycles. The van der Waals surface area contributed by atoms with E-state index in [9.17, 15) is 13.2 Å². The molecule has 6 nitrogen and oxygen atoms in total. The summed E-state index contributed by atoms with van der Waals surface area (Å²) in [6, 6.07) is 2.15. The Hall–Kier alpha value is -2.00. The normalized spacial score (nSPS) is 20.3. The van der Waals surface area contributed by atoms with Crippen LogP contribution >= 0.6 is 0 Å². The number of halogens is 3. The molecule has 1 aliphatic heterocycles. The third-order valence-electron chi connectivity index (χ3n) is 3.55. The van der Waals surface area contributed by atoms with E-state index in [0.29, 0.717) is 17.9 Å². The molecule has 0 radical (unpaired) electrons. The second-order valence-electron chi connectivity index (χ2n) is 5.09. The van der Waals surface area contributed by atoms with Crippen LogP contribution in [0.4, 0.5) is 13.2 Å². The number of nitrogens with zero attached hydrogens (tertiary/aromatic N) is 4. The highest BCUT2D eigenvalue weighted by Gasteiger charge is 2.32. The van der Waals surface area contributed by atoms with Crippen LogP contribution in [0.25, 0.3) is 11.5 Å². The van der Waals surface area contributed by atoms with E-state index < -0.39 is 11.9 Å². The zero-order valence-corrected chi connectivity index (χ0v) is 11.8. The molecule has 9 heteroatoms. The van der Waals surface area contributed by atoms with Gasteiger partial charge in [0.05, 0.1) is 11.6 Å². The Morgan fingerprint density at radius 3 is 2.82 bits per heavy atom. The molecule has 0 spiro atoms. The van der Waals surface area contributed by atoms with E-state index in [1.165, 1.54) is 6.07 Å². The molecule has 118 valence electrons. The van der Waals surface area contributed by atoms with Gasteiger partial charge in [-0.1, -0.05) is 5.16 Å². The average molecular weight is 313 g/mol. The van der Waals surface area contributed by atoms with Crippen LogP contribution in [0.2, 0.25) is 0 Å². The molecular formula is C13H14F3N5O. The number of piperazine rings is 1. The van der Waals surface area contributed by atoms with Crippen LogP contribution < -0.4 is 5.32 Å². The number of aromatic nitrogens is 3. The van der Waals surface area contributed by atoms with Crippen molar-refractivity contribution in [2.45, 2.75) is 12.2 Å². The minimum absolute atomic E-state index is 0.0198. The Kier molecular flexibility index (Phi) is 3.83. The molecule has 1 fully saturated rings. The van der Waals surface area contributed by atoms with E-state index >= 15 is 0 Å². The quantitative estimate of drug-likeness (QED) is 0.911. The van der Waals surface area contributed by atoms with Gasteiger partial charge in [-0.2, -0.15) is 18.2 Å². The van der Waals surface area contributed by atoms with Gasteiger partial charge in [0, 0.05) is 25.8 Å². The van der Waals surface area contributed by atoms with Crippen molar-refractivity contribution in [1.29, 1.82) is 0 Å². The van der Waals surface area contributed by atoms with Crippen LogP contribution in [0.15, 0.2) is 22.9 Å². The monoisotopic (exact) mass is 313 g/mol. The number of likely N-dealkylation sites (N-methyl/N-ethyl adjacent to an activating group) is 1. The van der Waals surface area contributed by atoms with E-state index in [1.807, 2.05) is 7.05 Å². The second kappa shape index (κ2) is 5.65. The predicted molar refractivity (Wildman–Crippen MR) is 70.8 cm³/mol. The third-order valence-corrected chi connectivity index (χ3v) is 3.55. The van der Waals surface area contributed by atoms with E-state index in [2.05, 4.69) is 25.3 Å². The molecule has 0 aromatic carbocycles. The lowest BCUT2D eigenvalue weighted by Crippen LogP contribution is -2.44. The molecule has 1 atom stereocenters. The summed E-state index contributed by atoms with van der Waals surface area (Å²) in [5.41, 5.74) is -0.592. The van der Waals surface area contributed by atoms with Crippen LogP contribution in [0, 0.1) is 0 Å². The third kappa shape index (κ3) is 2.95.